The lowest BCUT2D eigenvalue weighted by molar-refractivity contribution is 0.383. The summed E-state index contributed by atoms with van der Waals surface area (Å²) in [6.45, 7) is 2.74. The molecule has 1 aromatic heterocycles. The molecule has 0 spiro atoms. The Morgan fingerprint density at radius 1 is 1.20 bits per heavy atom. The van der Waals surface area contributed by atoms with Crippen molar-refractivity contribution >= 4 is 15.9 Å². The van der Waals surface area contributed by atoms with Crippen molar-refractivity contribution in [2.45, 2.75) is 19.5 Å². The molecule has 0 aliphatic heterocycles. The van der Waals surface area contributed by atoms with Crippen LogP contribution in [0.3, 0.4) is 0 Å². The summed E-state index contributed by atoms with van der Waals surface area (Å²) < 4.78 is 16.8. The van der Waals surface area contributed by atoms with Crippen molar-refractivity contribution in [3.05, 3.63) is 46.3 Å². The van der Waals surface area contributed by atoms with Gasteiger partial charge in [-0.15, -0.1) is 0 Å². The monoisotopic (exact) mass is 339 g/mol. The molecule has 4 nitrogen and oxygen atoms in total. The zero-order chi connectivity index (χ0) is 14.5. The molecule has 5 heteroatoms. The van der Waals surface area contributed by atoms with Crippen LogP contribution < -0.4 is 14.8 Å². The fourth-order valence-corrected chi connectivity index (χ4v) is 2.33. The summed E-state index contributed by atoms with van der Waals surface area (Å²) >= 11 is 3.29. The minimum absolute atomic E-state index is 0.139. The molecule has 1 N–H and O–H groups in total. The van der Waals surface area contributed by atoms with Crippen LogP contribution in [0.1, 0.15) is 24.3 Å². The van der Waals surface area contributed by atoms with Crippen LogP contribution in [0.15, 0.2) is 39.4 Å². The Balaban J connectivity index is 2.06. The highest BCUT2D eigenvalue weighted by Gasteiger charge is 2.12. The Morgan fingerprint density at radius 3 is 2.60 bits per heavy atom. The Kier molecular flexibility index (Phi) is 5.09. The number of ether oxygens (including phenoxy) is 2. The standard InChI is InChI=1S/C15H18BrNO3/c1-10(17-9-12-5-7-15(16)20-12)13-6-4-11(18-2)8-14(13)19-3/h4-8,10,17H,9H2,1-3H3. The second-order valence-electron chi connectivity index (χ2n) is 4.42. The number of hydrogen-bond donors (Lipinski definition) is 1. The highest BCUT2D eigenvalue weighted by Crippen LogP contribution is 2.29. The minimum Gasteiger partial charge on any atom is -0.497 e. The highest BCUT2D eigenvalue weighted by atomic mass is 79.9. The molecule has 0 bridgehead atoms. The van der Waals surface area contributed by atoms with E-state index in [1.54, 1.807) is 14.2 Å². The highest BCUT2D eigenvalue weighted by molar-refractivity contribution is 9.10. The molecule has 20 heavy (non-hydrogen) atoms. The summed E-state index contributed by atoms with van der Waals surface area (Å²) in [4.78, 5) is 0. The average Bonchev–Trinajstić information content (AvgIpc) is 2.89. The summed E-state index contributed by atoms with van der Waals surface area (Å²) in [5.74, 6) is 2.48. The third-order valence-electron chi connectivity index (χ3n) is 3.12. The minimum atomic E-state index is 0.139. The first-order chi connectivity index (χ1) is 9.63. The van der Waals surface area contributed by atoms with E-state index in [1.807, 2.05) is 30.3 Å². The Hall–Kier alpha value is -1.46. The molecule has 1 atom stereocenters. The molecular weight excluding hydrogens is 322 g/mol. The first-order valence-electron chi connectivity index (χ1n) is 6.33. The van der Waals surface area contributed by atoms with Crippen molar-refractivity contribution in [2.24, 2.45) is 0 Å². The maximum atomic E-state index is 5.47. The molecule has 0 amide bonds. The van der Waals surface area contributed by atoms with Crippen LogP contribution in [-0.2, 0) is 6.54 Å². The molecule has 0 radical (unpaired) electrons. The molecule has 2 rings (SSSR count). The first-order valence-corrected chi connectivity index (χ1v) is 7.13. The van der Waals surface area contributed by atoms with Crippen LogP contribution in [0, 0.1) is 0 Å². The molecule has 1 unspecified atom stereocenters. The van der Waals surface area contributed by atoms with Gasteiger partial charge in [-0.2, -0.15) is 0 Å². The van der Waals surface area contributed by atoms with Gasteiger partial charge in [-0.25, -0.2) is 0 Å². The number of benzene rings is 1. The lowest BCUT2D eigenvalue weighted by Crippen LogP contribution is -2.18. The summed E-state index contributed by atoms with van der Waals surface area (Å²) in [6.07, 6.45) is 0. The lowest BCUT2D eigenvalue weighted by atomic mass is 10.1. The lowest BCUT2D eigenvalue weighted by Gasteiger charge is -2.17. The Labute approximate surface area is 127 Å². The fraction of sp³-hybridized carbons (Fsp3) is 0.333. The predicted molar refractivity (Wildman–Crippen MR) is 81.2 cm³/mol. The van der Waals surface area contributed by atoms with Gasteiger partial charge in [0.15, 0.2) is 4.67 Å². The number of halogens is 1. The van der Waals surface area contributed by atoms with Gasteiger partial charge in [0.2, 0.25) is 0 Å². The van der Waals surface area contributed by atoms with E-state index in [1.165, 1.54) is 0 Å². The third-order valence-corrected chi connectivity index (χ3v) is 3.54. The van der Waals surface area contributed by atoms with Crippen LogP contribution in [0.25, 0.3) is 0 Å². The quantitative estimate of drug-likeness (QED) is 0.866. The van der Waals surface area contributed by atoms with Crippen molar-refractivity contribution in [1.82, 2.24) is 5.32 Å². The van der Waals surface area contributed by atoms with Crippen LogP contribution in [0.2, 0.25) is 0 Å². The first kappa shape index (κ1) is 14.9. The van der Waals surface area contributed by atoms with Gasteiger partial charge in [-0.3, -0.25) is 0 Å². The SMILES string of the molecule is COc1ccc(C(C)NCc2ccc(Br)o2)c(OC)c1. The van der Waals surface area contributed by atoms with Crippen LogP contribution in [0.5, 0.6) is 11.5 Å². The van der Waals surface area contributed by atoms with E-state index >= 15 is 0 Å². The van der Waals surface area contributed by atoms with Crippen molar-refractivity contribution in [1.29, 1.82) is 0 Å². The molecule has 0 aliphatic rings. The number of methoxy groups -OCH3 is 2. The average molecular weight is 340 g/mol. The van der Waals surface area contributed by atoms with Gasteiger partial charge >= 0.3 is 0 Å². The van der Waals surface area contributed by atoms with E-state index < -0.39 is 0 Å². The molecule has 1 heterocycles. The number of rotatable bonds is 6. The molecule has 108 valence electrons. The summed E-state index contributed by atoms with van der Waals surface area (Å²) in [6, 6.07) is 9.79. The number of furan rings is 1. The van der Waals surface area contributed by atoms with Crippen LogP contribution >= 0.6 is 15.9 Å². The second-order valence-corrected chi connectivity index (χ2v) is 5.20. The van der Waals surface area contributed by atoms with Gasteiger partial charge < -0.3 is 19.2 Å². The van der Waals surface area contributed by atoms with Crippen molar-refractivity contribution in [2.75, 3.05) is 14.2 Å². The predicted octanol–water partition coefficient (Wildman–Crippen LogP) is 3.91. The van der Waals surface area contributed by atoms with Gasteiger partial charge in [-0.1, -0.05) is 6.07 Å². The Bertz CT molecular complexity index is 568. The van der Waals surface area contributed by atoms with E-state index in [4.69, 9.17) is 13.9 Å². The number of nitrogens with one attached hydrogen (secondary N) is 1. The van der Waals surface area contributed by atoms with Gasteiger partial charge in [0.25, 0.3) is 0 Å². The van der Waals surface area contributed by atoms with E-state index in [0.29, 0.717) is 6.54 Å². The third kappa shape index (κ3) is 3.55. The van der Waals surface area contributed by atoms with Crippen molar-refractivity contribution in [3.63, 3.8) is 0 Å². The maximum absolute atomic E-state index is 5.47. The second kappa shape index (κ2) is 6.81. The van der Waals surface area contributed by atoms with Crippen molar-refractivity contribution in [3.8, 4) is 11.5 Å². The molecule has 0 saturated carbocycles. The maximum Gasteiger partial charge on any atom is 0.169 e. The van der Waals surface area contributed by atoms with Gasteiger partial charge in [0, 0.05) is 17.7 Å². The summed E-state index contributed by atoms with van der Waals surface area (Å²) in [5, 5.41) is 3.41. The van der Waals surface area contributed by atoms with E-state index in [0.717, 1.165) is 27.5 Å². The van der Waals surface area contributed by atoms with Gasteiger partial charge in [0.05, 0.1) is 20.8 Å². The zero-order valence-corrected chi connectivity index (χ0v) is 13.4. The summed E-state index contributed by atoms with van der Waals surface area (Å²) in [5.41, 5.74) is 1.08. The molecular formula is C15H18BrNO3. The molecule has 0 aliphatic carbocycles. The van der Waals surface area contributed by atoms with Gasteiger partial charge in [0.1, 0.15) is 17.3 Å². The fourth-order valence-electron chi connectivity index (χ4n) is 1.99. The van der Waals surface area contributed by atoms with E-state index in [2.05, 4.69) is 28.2 Å². The number of hydrogen-bond acceptors (Lipinski definition) is 4. The molecule has 2 aromatic rings. The molecule has 0 fully saturated rings. The van der Waals surface area contributed by atoms with Gasteiger partial charge in [-0.05, 0) is 41.1 Å². The molecule has 1 aromatic carbocycles. The smallest absolute Gasteiger partial charge is 0.169 e. The van der Waals surface area contributed by atoms with Crippen LogP contribution in [-0.4, -0.2) is 14.2 Å². The van der Waals surface area contributed by atoms with E-state index in [-0.39, 0.29) is 6.04 Å². The van der Waals surface area contributed by atoms with Crippen molar-refractivity contribution < 1.29 is 13.9 Å². The zero-order valence-electron chi connectivity index (χ0n) is 11.8. The Morgan fingerprint density at radius 2 is 2.00 bits per heavy atom. The largest absolute Gasteiger partial charge is 0.497 e. The van der Waals surface area contributed by atoms with E-state index in [9.17, 15) is 0 Å². The summed E-state index contributed by atoms with van der Waals surface area (Å²) in [7, 11) is 3.31. The van der Waals surface area contributed by atoms with Crippen LogP contribution in [0.4, 0.5) is 0 Å². The normalized spacial score (nSPS) is 12.2. The topological polar surface area (TPSA) is 43.6 Å². The molecule has 0 saturated heterocycles.